The summed E-state index contributed by atoms with van der Waals surface area (Å²) in [5.74, 6) is 0.225. The van der Waals surface area contributed by atoms with Gasteiger partial charge in [0.15, 0.2) is 0 Å². The number of halogens is 2. The molecular formula is C16H22ClFN2. The average molecular weight is 297 g/mol. The number of benzene rings is 1. The van der Waals surface area contributed by atoms with Crippen molar-refractivity contribution in [1.29, 1.82) is 0 Å². The van der Waals surface area contributed by atoms with E-state index in [1.807, 2.05) is 12.1 Å². The van der Waals surface area contributed by atoms with Crippen LogP contribution in [0.25, 0.3) is 0 Å². The van der Waals surface area contributed by atoms with E-state index in [4.69, 9.17) is 11.6 Å². The van der Waals surface area contributed by atoms with Gasteiger partial charge in [0.2, 0.25) is 0 Å². The molecule has 2 atom stereocenters. The van der Waals surface area contributed by atoms with Crippen LogP contribution in [0.15, 0.2) is 18.2 Å². The monoisotopic (exact) mass is 296 g/mol. The summed E-state index contributed by atoms with van der Waals surface area (Å²) in [7, 11) is 0. The van der Waals surface area contributed by atoms with E-state index in [1.54, 1.807) is 6.07 Å². The quantitative estimate of drug-likeness (QED) is 0.769. The van der Waals surface area contributed by atoms with Crippen LogP contribution in [-0.4, -0.2) is 36.6 Å². The van der Waals surface area contributed by atoms with Crippen molar-refractivity contribution < 1.29 is 4.39 Å². The first-order chi connectivity index (χ1) is 9.69. The van der Waals surface area contributed by atoms with Crippen LogP contribution in [0, 0.1) is 5.82 Å². The molecule has 110 valence electrons. The van der Waals surface area contributed by atoms with E-state index in [1.165, 1.54) is 25.8 Å². The number of rotatable bonds is 2. The lowest BCUT2D eigenvalue weighted by atomic mass is 9.96. The Bertz CT molecular complexity index is 480. The van der Waals surface area contributed by atoms with E-state index in [-0.39, 0.29) is 5.82 Å². The molecule has 1 aromatic carbocycles. The molecule has 2 aliphatic heterocycles. The molecule has 3 rings (SSSR count). The highest BCUT2D eigenvalue weighted by Gasteiger charge is 2.33. The van der Waals surface area contributed by atoms with E-state index in [9.17, 15) is 4.39 Å². The van der Waals surface area contributed by atoms with Gasteiger partial charge in [0.05, 0.1) is 5.69 Å². The predicted octanol–water partition coefficient (Wildman–Crippen LogP) is 3.63. The Morgan fingerprint density at radius 3 is 2.90 bits per heavy atom. The van der Waals surface area contributed by atoms with E-state index in [2.05, 4.69) is 16.7 Å². The molecule has 2 heterocycles. The Morgan fingerprint density at radius 1 is 1.30 bits per heavy atom. The summed E-state index contributed by atoms with van der Waals surface area (Å²) in [5.41, 5.74) is 1.58. The minimum atomic E-state index is -0.140. The van der Waals surface area contributed by atoms with E-state index in [0.717, 1.165) is 24.3 Å². The first-order valence-electron chi connectivity index (χ1n) is 7.54. The molecule has 0 N–H and O–H groups in total. The van der Waals surface area contributed by atoms with Crippen molar-refractivity contribution in [2.45, 2.75) is 44.1 Å². The third-order valence-electron chi connectivity index (χ3n) is 4.66. The standard InChI is InChI=1S/C16H22ClFN2/c1-12-10-19-7-3-2-4-14(19)11-20(12)16-6-5-13(9-17)8-15(16)18/h5-6,8,12,14H,2-4,7,9-11H2,1H3. The molecule has 1 aromatic rings. The number of alkyl halides is 1. The van der Waals surface area contributed by atoms with Crippen molar-refractivity contribution in [3.63, 3.8) is 0 Å². The summed E-state index contributed by atoms with van der Waals surface area (Å²) in [6.07, 6.45) is 3.85. The zero-order valence-electron chi connectivity index (χ0n) is 12.0. The van der Waals surface area contributed by atoms with Crippen molar-refractivity contribution in [3.05, 3.63) is 29.6 Å². The average Bonchev–Trinajstić information content (AvgIpc) is 2.46. The molecule has 2 aliphatic rings. The Hall–Kier alpha value is -0.800. The highest BCUT2D eigenvalue weighted by molar-refractivity contribution is 6.17. The molecule has 4 heteroatoms. The fraction of sp³-hybridized carbons (Fsp3) is 0.625. The van der Waals surface area contributed by atoms with Gasteiger partial charge in [0, 0.05) is 31.1 Å². The summed E-state index contributed by atoms with van der Waals surface area (Å²) in [6, 6.07) is 6.35. The van der Waals surface area contributed by atoms with Crippen LogP contribution in [-0.2, 0) is 5.88 Å². The van der Waals surface area contributed by atoms with Crippen LogP contribution in [0.5, 0.6) is 0 Å². The Morgan fingerprint density at radius 2 is 2.15 bits per heavy atom. The van der Waals surface area contributed by atoms with E-state index >= 15 is 0 Å². The number of piperidine rings is 1. The Labute approximate surface area is 125 Å². The maximum atomic E-state index is 14.3. The predicted molar refractivity (Wildman–Crippen MR) is 82.0 cm³/mol. The molecule has 0 aliphatic carbocycles. The molecule has 0 amide bonds. The highest BCUT2D eigenvalue weighted by Crippen LogP contribution is 2.30. The summed E-state index contributed by atoms with van der Waals surface area (Å²) >= 11 is 5.77. The Balaban J connectivity index is 1.82. The number of fused-ring (bicyclic) bond motifs is 1. The Kier molecular flexibility index (Phi) is 4.18. The smallest absolute Gasteiger partial charge is 0.146 e. The van der Waals surface area contributed by atoms with Gasteiger partial charge in [-0.05, 0) is 44.0 Å². The highest BCUT2D eigenvalue weighted by atomic mass is 35.5. The zero-order chi connectivity index (χ0) is 14.1. The fourth-order valence-corrected chi connectivity index (χ4v) is 3.72. The molecule has 0 aromatic heterocycles. The second-order valence-electron chi connectivity index (χ2n) is 6.07. The zero-order valence-corrected chi connectivity index (χ0v) is 12.7. The summed E-state index contributed by atoms with van der Waals surface area (Å²) in [4.78, 5) is 4.82. The summed E-state index contributed by atoms with van der Waals surface area (Å²) in [5, 5.41) is 0. The molecule has 2 unspecified atom stereocenters. The van der Waals surface area contributed by atoms with E-state index in [0.29, 0.717) is 18.0 Å². The minimum absolute atomic E-state index is 0.140. The first-order valence-corrected chi connectivity index (χ1v) is 8.07. The molecule has 2 saturated heterocycles. The molecule has 2 fully saturated rings. The number of nitrogens with zero attached hydrogens (tertiary/aromatic N) is 2. The van der Waals surface area contributed by atoms with Gasteiger partial charge >= 0.3 is 0 Å². The van der Waals surface area contributed by atoms with Gasteiger partial charge in [0.25, 0.3) is 0 Å². The lowest BCUT2D eigenvalue weighted by molar-refractivity contribution is 0.115. The molecule has 0 radical (unpaired) electrons. The van der Waals surface area contributed by atoms with Crippen molar-refractivity contribution >= 4 is 17.3 Å². The maximum absolute atomic E-state index is 14.3. The lowest BCUT2D eigenvalue weighted by Crippen LogP contribution is -2.59. The number of hydrogen-bond acceptors (Lipinski definition) is 2. The fourth-order valence-electron chi connectivity index (χ4n) is 3.55. The van der Waals surface area contributed by atoms with Crippen LogP contribution in [0.4, 0.5) is 10.1 Å². The van der Waals surface area contributed by atoms with Crippen molar-refractivity contribution in [1.82, 2.24) is 4.90 Å². The second-order valence-corrected chi connectivity index (χ2v) is 6.33. The summed E-state index contributed by atoms with van der Waals surface area (Å²) < 4.78 is 14.3. The molecule has 0 bridgehead atoms. The van der Waals surface area contributed by atoms with E-state index < -0.39 is 0 Å². The number of piperazine rings is 1. The van der Waals surface area contributed by atoms with Crippen LogP contribution in [0.2, 0.25) is 0 Å². The number of hydrogen-bond donors (Lipinski definition) is 0. The van der Waals surface area contributed by atoms with Crippen molar-refractivity contribution in [2.75, 3.05) is 24.5 Å². The normalized spacial score (nSPS) is 27.4. The third kappa shape index (κ3) is 2.66. The SMILES string of the molecule is CC1CN2CCCCC2CN1c1ccc(CCl)cc1F. The minimum Gasteiger partial charge on any atom is -0.364 e. The lowest BCUT2D eigenvalue weighted by Gasteiger charge is -2.48. The van der Waals surface area contributed by atoms with Gasteiger partial charge in [-0.15, -0.1) is 11.6 Å². The summed E-state index contributed by atoms with van der Waals surface area (Å²) in [6.45, 7) is 5.38. The second kappa shape index (κ2) is 5.90. The van der Waals surface area contributed by atoms with Gasteiger partial charge in [-0.1, -0.05) is 12.5 Å². The number of anilines is 1. The van der Waals surface area contributed by atoms with Crippen LogP contribution >= 0.6 is 11.6 Å². The molecule has 2 nitrogen and oxygen atoms in total. The topological polar surface area (TPSA) is 6.48 Å². The van der Waals surface area contributed by atoms with Crippen molar-refractivity contribution in [2.24, 2.45) is 0 Å². The van der Waals surface area contributed by atoms with Gasteiger partial charge < -0.3 is 4.90 Å². The first kappa shape index (κ1) is 14.2. The third-order valence-corrected chi connectivity index (χ3v) is 4.97. The van der Waals surface area contributed by atoms with Crippen LogP contribution in [0.3, 0.4) is 0 Å². The van der Waals surface area contributed by atoms with Gasteiger partial charge in [-0.2, -0.15) is 0 Å². The molecule has 0 saturated carbocycles. The van der Waals surface area contributed by atoms with Gasteiger partial charge in [-0.25, -0.2) is 4.39 Å². The maximum Gasteiger partial charge on any atom is 0.146 e. The molecule has 20 heavy (non-hydrogen) atoms. The largest absolute Gasteiger partial charge is 0.364 e. The molecule has 0 spiro atoms. The van der Waals surface area contributed by atoms with Crippen LogP contribution in [0.1, 0.15) is 31.7 Å². The van der Waals surface area contributed by atoms with Crippen molar-refractivity contribution in [3.8, 4) is 0 Å². The van der Waals surface area contributed by atoms with Gasteiger partial charge in [0.1, 0.15) is 5.82 Å². The van der Waals surface area contributed by atoms with Gasteiger partial charge in [-0.3, -0.25) is 4.90 Å². The molecular weight excluding hydrogens is 275 g/mol. The van der Waals surface area contributed by atoms with Crippen LogP contribution < -0.4 is 4.90 Å².